The molecular weight excluding hydrogens is 304 g/mol. The van der Waals surface area contributed by atoms with E-state index in [4.69, 9.17) is 0 Å². The van der Waals surface area contributed by atoms with Gasteiger partial charge in [-0.15, -0.1) is 0 Å². The molecule has 3 saturated carbocycles. The second-order valence-corrected chi connectivity index (χ2v) is 9.23. The van der Waals surface area contributed by atoms with Gasteiger partial charge in [0.25, 0.3) is 0 Å². The third-order valence-corrected chi connectivity index (χ3v) is 8.00. The first-order valence-corrected chi connectivity index (χ1v) is 10.9. The Morgan fingerprint density at radius 2 is 1.40 bits per heavy atom. The van der Waals surface area contributed by atoms with Gasteiger partial charge >= 0.3 is 0 Å². The monoisotopic (exact) mass is 338 g/mol. The highest BCUT2D eigenvalue weighted by molar-refractivity contribution is 5.20. The van der Waals surface area contributed by atoms with Crippen molar-refractivity contribution >= 4 is 0 Å². The van der Waals surface area contributed by atoms with E-state index in [1.165, 1.54) is 71.1 Å². The average Bonchev–Trinajstić information content (AvgIpc) is 3.33. The van der Waals surface area contributed by atoms with Crippen molar-refractivity contribution in [2.24, 2.45) is 11.8 Å². The van der Waals surface area contributed by atoms with Gasteiger partial charge in [-0.2, -0.15) is 0 Å². The quantitative estimate of drug-likeness (QED) is 0.799. The summed E-state index contributed by atoms with van der Waals surface area (Å²) in [6.45, 7) is 5.34. The average molecular weight is 339 g/mol. The lowest BCUT2D eigenvalue weighted by Gasteiger charge is -2.45. The minimum Gasteiger partial charge on any atom is -0.298 e. The van der Waals surface area contributed by atoms with Gasteiger partial charge in [-0.1, -0.05) is 36.8 Å². The molecule has 3 aliphatic carbocycles. The van der Waals surface area contributed by atoms with Crippen molar-refractivity contribution in [3.63, 3.8) is 0 Å². The third kappa shape index (κ3) is 3.28. The SMILES string of the molecule is c1ccc(C2CCC(N3CCN([C@H]4C[C@@H]5CC[C@H]4C5)CC3)CC2)cc1. The molecule has 2 heteroatoms. The molecule has 0 radical (unpaired) electrons. The summed E-state index contributed by atoms with van der Waals surface area (Å²) in [5.41, 5.74) is 1.57. The van der Waals surface area contributed by atoms with E-state index < -0.39 is 0 Å². The Bertz CT molecular complexity index is 555. The first kappa shape index (κ1) is 16.3. The fourth-order valence-electron chi connectivity index (χ4n) is 6.59. The maximum Gasteiger partial charge on any atom is 0.0127 e. The molecule has 1 aliphatic heterocycles. The minimum absolute atomic E-state index is 0.813. The van der Waals surface area contributed by atoms with Gasteiger partial charge in [-0.25, -0.2) is 0 Å². The Labute approximate surface area is 153 Å². The van der Waals surface area contributed by atoms with E-state index in [1.807, 2.05) is 0 Å². The molecule has 0 aromatic heterocycles. The van der Waals surface area contributed by atoms with Crippen LogP contribution in [0, 0.1) is 11.8 Å². The standard InChI is InChI=1S/C23H34N2/c1-2-4-19(5-3-1)20-8-10-22(11-9-20)24-12-14-25(15-13-24)23-17-18-6-7-21(23)16-18/h1-5,18,20-23H,6-17H2/t18-,20?,21+,22?,23+/m1/s1. The number of hydrogen-bond donors (Lipinski definition) is 0. The molecule has 3 atom stereocenters. The van der Waals surface area contributed by atoms with E-state index in [-0.39, 0.29) is 0 Å². The minimum atomic E-state index is 0.813. The fraction of sp³-hybridized carbons (Fsp3) is 0.739. The van der Waals surface area contributed by atoms with Crippen molar-refractivity contribution in [2.45, 2.75) is 69.4 Å². The van der Waals surface area contributed by atoms with Crippen molar-refractivity contribution in [3.8, 4) is 0 Å². The zero-order valence-electron chi connectivity index (χ0n) is 15.7. The highest BCUT2D eigenvalue weighted by Gasteiger charge is 2.43. The molecule has 0 amide bonds. The van der Waals surface area contributed by atoms with Crippen LogP contribution in [-0.4, -0.2) is 48.1 Å². The number of fused-ring (bicyclic) bond motifs is 2. The van der Waals surface area contributed by atoms with Crippen LogP contribution >= 0.6 is 0 Å². The smallest absolute Gasteiger partial charge is 0.0127 e. The van der Waals surface area contributed by atoms with Crippen LogP contribution in [0.5, 0.6) is 0 Å². The van der Waals surface area contributed by atoms with E-state index in [0.29, 0.717) is 0 Å². The molecule has 5 rings (SSSR count). The van der Waals surface area contributed by atoms with Crippen LogP contribution in [0.4, 0.5) is 0 Å². The van der Waals surface area contributed by atoms with Gasteiger partial charge in [-0.3, -0.25) is 9.80 Å². The van der Waals surface area contributed by atoms with E-state index in [1.54, 1.807) is 12.0 Å². The summed E-state index contributed by atoms with van der Waals surface area (Å²) in [5.74, 6) is 2.95. The summed E-state index contributed by atoms with van der Waals surface area (Å²) in [4.78, 5) is 5.71. The second-order valence-electron chi connectivity index (χ2n) is 9.23. The van der Waals surface area contributed by atoms with Crippen LogP contribution in [0.2, 0.25) is 0 Å². The summed E-state index contributed by atoms with van der Waals surface area (Å²) in [7, 11) is 0. The highest BCUT2D eigenvalue weighted by Crippen LogP contribution is 2.47. The van der Waals surface area contributed by atoms with Crippen molar-refractivity contribution in [1.82, 2.24) is 9.80 Å². The molecule has 1 aromatic rings. The van der Waals surface area contributed by atoms with Crippen molar-refractivity contribution in [3.05, 3.63) is 35.9 Å². The molecule has 1 saturated heterocycles. The Balaban J connectivity index is 1.11. The molecule has 2 bridgehead atoms. The predicted molar refractivity (Wildman–Crippen MR) is 104 cm³/mol. The van der Waals surface area contributed by atoms with Crippen LogP contribution in [0.1, 0.15) is 62.8 Å². The Morgan fingerprint density at radius 1 is 0.680 bits per heavy atom. The van der Waals surface area contributed by atoms with Gasteiger partial charge in [0, 0.05) is 38.3 Å². The predicted octanol–water partition coefficient (Wildman–Crippen LogP) is 4.52. The summed E-state index contributed by atoms with van der Waals surface area (Å²) in [5, 5.41) is 0. The molecule has 0 unspecified atom stereocenters. The van der Waals surface area contributed by atoms with E-state index in [9.17, 15) is 0 Å². The largest absolute Gasteiger partial charge is 0.298 e. The van der Waals surface area contributed by atoms with Gasteiger partial charge in [0.2, 0.25) is 0 Å². The number of hydrogen-bond acceptors (Lipinski definition) is 2. The van der Waals surface area contributed by atoms with E-state index in [0.717, 1.165) is 29.8 Å². The number of rotatable bonds is 3. The van der Waals surface area contributed by atoms with Crippen molar-refractivity contribution in [1.29, 1.82) is 0 Å². The summed E-state index contributed by atoms with van der Waals surface area (Å²) < 4.78 is 0. The van der Waals surface area contributed by atoms with Gasteiger partial charge in [0.1, 0.15) is 0 Å². The zero-order valence-corrected chi connectivity index (χ0v) is 15.7. The Kier molecular flexibility index (Phi) is 4.60. The van der Waals surface area contributed by atoms with Gasteiger partial charge < -0.3 is 0 Å². The number of piperazine rings is 1. The van der Waals surface area contributed by atoms with E-state index in [2.05, 4.69) is 40.1 Å². The lowest BCUT2D eigenvalue weighted by atomic mass is 9.81. The van der Waals surface area contributed by atoms with Crippen LogP contribution in [0.15, 0.2) is 30.3 Å². The molecule has 0 N–H and O–H groups in total. The normalized spacial score (nSPS) is 39.8. The number of nitrogens with zero attached hydrogens (tertiary/aromatic N) is 2. The molecule has 25 heavy (non-hydrogen) atoms. The van der Waals surface area contributed by atoms with Gasteiger partial charge in [-0.05, 0) is 68.3 Å². The molecule has 0 spiro atoms. The molecule has 4 fully saturated rings. The maximum absolute atomic E-state index is 2.87. The summed E-state index contributed by atoms with van der Waals surface area (Å²) in [6.07, 6.45) is 11.7. The van der Waals surface area contributed by atoms with Gasteiger partial charge in [0.05, 0.1) is 0 Å². The maximum atomic E-state index is 2.87. The van der Waals surface area contributed by atoms with E-state index >= 15 is 0 Å². The van der Waals surface area contributed by atoms with Crippen LogP contribution in [-0.2, 0) is 0 Å². The molecule has 1 heterocycles. The zero-order chi connectivity index (χ0) is 16.6. The van der Waals surface area contributed by atoms with Crippen molar-refractivity contribution < 1.29 is 0 Å². The first-order valence-electron chi connectivity index (χ1n) is 10.9. The second kappa shape index (κ2) is 7.04. The van der Waals surface area contributed by atoms with Crippen LogP contribution < -0.4 is 0 Å². The number of benzene rings is 1. The van der Waals surface area contributed by atoms with Crippen LogP contribution in [0.3, 0.4) is 0 Å². The lowest BCUT2D eigenvalue weighted by molar-refractivity contribution is 0.0394. The lowest BCUT2D eigenvalue weighted by Crippen LogP contribution is -2.54. The van der Waals surface area contributed by atoms with Gasteiger partial charge in [0.15, 0.2) is 0 Å². The molecule has 136 valence electrons. The topological polar surface area (TPSA) is 6.48 Å². The Hall–Kier alpha value is -0.860. The fourth-order valence-corrected chi connectivity index (χ4v) is 6.59. The molecular formula is C23H34N2. The van der Waals surface area contributed by atoms with Crippen molar-refractivity contribution in [2.75, 3.05) is 26.2 Å². The highest BCUT2D eigenvalue weighted by atomic mass is 15.3. The molecule has 2 nitrogen and oxygen atoms in total. The van der Waals surface area contributed by atoms with Crippen LogP contribution in [0.25, 0.3) is 0 Å². The summed E-state index contributed by atoms with van der Waals surface area (Å²) >= 11 is 0. The first-order chi connectivity index (χ1) is 12.4. The molecule has 1 aromatic carbocycles. The Morgan fingerprint density at radius 3 is 2.04 bits per heavy atom. The third-order valence-electron chi connectivity index (χ3n) is 8.00. The molecule has 4 aliphatic rings. The summed E-state index contributed by atoms with van der Waals surface area (Å²) in [6, 6.07) is 13.0.